The van der Waals surface area contributed by atoms with Gasteiger partial charge in [-0.15, -0.1) is 0 Å². The quantitative estimate of drug-likeness (QED) is 0.0453. The van der Waals surface area contributed by atoms with E-state index < -0.39 is 31.1 Å². The molecule has 0 spiro atoms. The van der Waals surface area contributed by atoms with Gasteiger partial charge in [0, 0.05) is 69.9 Å². The molecule has 0 aliphatic carbocycles. The first-order chi connectivity index (χ1) is 36.3. The van der Waals surface area contributed by atoms with Gasteiger partial charge >= 0.3 is 0 Å². The fourth-order valence-corrected chi connectivity index (χ4v) is 11.3. The van der Waals surface area contributed by atoms with Crippen molar-refractivity contribution in [3.8, 4) is 39.8 Å². The maximum Gasteiger partial charge on any atom is 0.251 e. The molecule has 0 aliphatic rings. The molecule has 7 N–H and O–H groups in total. The van der Waals surface area contributed by atoms with Gasteiger partial charge in [-0.05, 0) is 132 Å². The minimum absolute atomic E-state index is 0.0802. The van der Waals surface area contributed by atoms with Crippen molar-refractivity contribution >= 4 is 31.9 Å². The van der Waals surface area contributed by atoms with Gasteiger partial charge in [-0.25, -0.2) is 26.3 Å². The summed E-state index contributed by atoms with van der Waals surface area (Å²) >= 11 is 0. The first kappa shape index (κ1) is 58.4. The average Bonchev–Trinajstić information content (AvgIpc) is 3.40. The number of sulfonamides is 2. The number of aromatic nitrogens is 2. The van der Waals surface area contributed by atoms with Crippen LogP contribution in [0.5, 0.6) is 11.5 Å². The van der Waals surface area contributed by atoms with Crippen molar-refractivity contribution in [2.75, 3.05) is 0 Å². The second kappa shape index (κ2) is 24.9. The van der Waals surface area contributed by atoms with Crippen LogP contribution >= 0.6 is 0 Å². The van der Waals surface area contributed by atoms with Crippen molar-refractivity contribution in [2.45, 2.75) is 109 Å². The number of hydrogen-bond acceptors (Lipinski definition) is 13. The van der Waals surface area contributed by atoms with Crippen LogP contribution in [0.15, 0.2) is 144 Å². The Morgan fingerprint density at radius 2 is 1.05 bits per heavy atom. The lowest BCUT2D eigenvalue weighted by Gasteiger charge is -2.21. The van der Waals surface area contributed by atoms with Gasteiger partial charge in [0.2, 0.25) is 20.0 Å². The number of aliphatic hydroxyl groups is 2. The third-order valence-corrected chi connectivity index (χ3v) is 15.3. The van der Waals surface area contributed by atoms with Gasteiger partial charge in [0.1, 0.15) is 18.1 Å². The maximum absolute atomic E-state index is 13.1. The van der Waals surface area contributed by atoms with E-state index in [9.17, 15) is 41.7 Å². The van der Waals surface area contributed by atoms with E-state index in [-0.39, 0.29) is 60.3 Å². The summed E-state index contributed by atoms with van der Waals surface area (Å²) in [6.07, 6.45) is 3.10. The number of nitrogens with one attached hydrogen (secondary N) is 4. The predicted octanol–water partition coefficient (Wildman–Crippen LogP) is 8.27. The number of amides is 2. The Bertz CT molecular complexity index is 3530. The lowest BCUT2D eigenvalue weighted by Crippen LogP contribution is -2.40. The standard InChI is InChI=1S/C33H34N4O5S.C25H29N3O5S/c1-22-31(42-21-24-9-7-8-23(16-24)17-34)29(20-38)27(18-35-22)19-36-32(39)26-14-12-25(13-15-26)28-10-5-6-11-30(28)43(40,41)37-33(2,3)4;1-16-23(30)21(15-29)19(13-26-16)14-27-24(31)18-11-9-17(10-12-18)20-7-5-6-8-22(20)34(32,33)28-25(2,3)4/h5-16,18,37-38H,19-21H2,1-4H3,(H,36,39);5-13,28-30H,14-15H2,1-4H3,(H,27,31). The van der Waals surface area contributed by atoms with Crippen LogP contribution in [0.2, 0.25) is 0 Å². The van der Waals surface area contributed by atoms with E-state index in [4.69, 9.17) is 10.00 Å². The van der Waals surface area contributed by atoms with Crippen LogP contribution in [0.4, 0.5) is 0 Å². The zero-order valence-corrected chi connectivity index (χ0v) is 45.7. The number of pyridine rings is 2. The number of aliphatic hydroxyl groups excluding tert-OH is 2. The van der Waals surface area contributed by atoms with E-state index >= 15 is 0 Å². The van der Waals surface area contributed by atoms with Crippen LogP contribution < -0.4 is 24.8 Å². The predicted molar refractivity (Wildman–Crippen MR) is 293 cm³/mol. The maximum atomic E-state index is 13.1. The minimum atomic E-state index is -3.78. The molecular weight excluding hydrogens is 1020 g/mol. The molecule has 0 aliphatic heterocycles. The van der Waals surface area contributed by atoms with Crippen molar-refractivity contribution in [1.82, 2.24) is 30.0 Å². The van der Waals surface area contributed by atoms with Gasteiger partial charge in [-0.3, -0.25) is 19.6 Å². The van der Waals surface area contributed by atoms with Gasteiger partial charge in [-0.1, -0.05) is 72.8 Å². The van der Waals surface area contributed by atoms with E-state index in [0.29, 0.717) is 78.3 Å². The fourth-order valence-electron chi connectivity index (χ4n) is 8.04. The molecule has 0 saturated carbocycles. The average molecular weight is 1080 g/mol. The number of carbonyl (C=O) groups is 2. The second-order valence-corrected chi connectivity index (χ2v) is 23.3. The molecule has 0 radical (unpaired) electrons. The number of nitriles is 1. The van der Waals surface area contributed by atoms with Gasteiger partial charge < -0.3 is 30.7 Å². The minimum Gasteiger partial charge on any atom is -0.506 e. The summed E-state index contributed by atoms with van der Waals surface area (Å²) < 4.78 is 63.3. The van der Waals surface area contributed by atoms with E-state index in [2.05, 4.69) is 36.1 Å². The highest BCUT2D eigenvalue weighted by Gasteiger charge is 2.27. The molecule has 402 valence electrons. The Labute approximate surface area is 450 Å². The van der Waals surface area contributed by atoms with Crippen molar-refractivity contribution in [3.63, 3.8) is 0 Å². The molecular formula is C58H63N7O10S2. The van der Waals surface area contributed by atoms with Gasteiger partial charge in [-0.2, -0.15) is 5.26 Å². The van der Waals surface area contributed by atoms with Crippen LogP contribution in [0.3, 0.4) is 0 Å². The third-order valence-electron chi connectivity index (χ3n) is 11.6. The van der Waals surface area contributed by atoms with Crippen LogP contribution in [-0.4, -0.2) is 65.0 Å². The van der Waals surface area contributed by atoms with Crippen molar-refractivity contribution in [3.05, 3.63) is 190 Å². The first-order valence-corrected chi connectivity index (χ1v) is 27.3. The van der Waals surface area contributed by atoms with E-state index in [0.717, 1.165) is 5.56 Å². The topological polar surface area (TPSA) is 270 Å². The van der Waals surface area contributed by atoms with E-state index in [1.807, 2.05) is 6.07 Å². The smallest absolute Gasteiger partial charge is 0.251 e. The fraction of sp³-hybridized carbons (Fsp3) is 0.259. The van der Waals surface area contributed by atoms with Crippen molar-refractivity contribution in [2.24, 2.45) is 0 Å². The largest absolute Gasteiger partial charge is 0.506 e. The number of benzene rings is 5. The van der Waals surface area contributed by atoms with Gasteiger partial charge in [0.25, 0.3) is 11.8 Å². The molecule has 19 heteroatoms. The van der Waals surface area contributed by atoms with Crippen LogP contribution in [0.25, 0.3) is 22.3 Å². The lowest BCUT2D eigenvalue weighted by molar-refractivity contribution is 0.0942. The summed E-state index contributed by atoms with van der Waals surface area (Å²) in [5, 5.41) is 44.5. The molecule has 7 rings (SSSR count). The Morgan fingerprint density at radius 3 is 1.49 bits per heavy atom. The highest BCUT2D eigenvalue weighted by Crippen LogP contribution is 2.31. The summed E-state index contributed by atoms with van der Waals surface area (Å²) in [6, 6.07) is 35.9. The van der Waals surface area contributed by atoms with Gasteiger partial charge in [0.05, 0.1) is 46.0 Å². The molecule has 0 fully saturated rings. The number of carbonyl (C=O) groups excluding carboxylic acids is 2. The summed E-state index contributed by atoms with van der Waals surface area (Å²) in [7, 11) is -7.53. The number of nitrogens with zero attached hydrogens (tertiary/aromatic N) is 3. The zero-order chi connectivity index (χ0) is 56.3. The summed E-state index contributed by atoms with van der Waals surface area (Å²) in [6.45, 7) is 13.7. The van der Waals surface area contributed by atoms with E-state index in [1.165, 1.54) is 6.20 Å². The molecule has 5 aromatic carbocycles. The molecule has 2 aromatic heterocycles. The molecule has 0 bridgehead atoms. The van der Waals surface area contributed by atoms with Crippen LogP contribution in [0, 0.1) is 25.2 Å². The molecule has 17 nitrogen and oxygen atoms in total. The summed E-state index contributed by atoms with van der Waals surface area (Å²) in [5.74, 6) is -0.364. The second-order valence-electron chi connectivity index (χ2n) is 20.0. The molecule has 0 atom stereocenters. The molecule has 0 unspecified atom stereocenters. The van der Waals surface area contributed by atoms with Crippen molar-refractivity contribution in [1.29, 1.82) is 5.26 Å². The normalized spacial score (nSPS) is 11.7. The summed E-state index contributed by atoms with van der Waals surface area (Å²) in [5.41, 5.74) is 6.11. The number of ether oxygens (including phenoxy) is 1. The third kappa shape index (κ3) is 15.4. The van der Waals surface area contributed by atoms with Crippen molar-refractivity contribution < 1.29 is 46.5 Å². The summed E-state index contributed by atoms with van der Waals surface area (Å²) in [4.78, 5) is 34.4. The molecule has 0 saturated heterocycles. The van der Waals surface area contributed by atoms with Crippen LogP contribution in [0.1, 0.15) is 107 Å². The zero-order valence-electron chi connectivity index (χ0n) is 44.1. The SMILES string of the molecule is Cc1ncc(CNC(=O)c2ccc(-c3ccccc3S(=O)(=O)NC(C)(C)C)cc2)c(CO)c1O.Cc1ncc(CNC(=O)c2ccc(-c3ccccc3S(=O)(=O)NC(C)(C)C)cc2)c(CO)c1OCc1cccc(C#N)c1. The number of aryl methyl sites for hydroxylation is 2. The van der Waals surface area contributed by atoms with E-state index in [1.54, 1.807) is 177 Å². The molecule has 2 heterocycles. The Hall–Kier alpha value is -7.83. The number of rotatable bonds is 17. The molecule has 7 aromatic rings. The molecule has 77 heavy (non-hydrogen) atoms. The first-order valence-electron chi connectivity index (χ1n) is 24.3. The Balaban J connectivity index is 0.000000257. The Morgan fingerprint density at radius 1 is 0.610 bits per heavy atom. The van der Waals surface area contributed by atoms with Crippen LogP contribution in [-0.2, 0) is 53.0 Å². The monoisotopic (exact) mass is 1080 g/mol. The molecule has 2 amide bonds. The highest BCUT2D eigenvalue weighted by atomic mass is 32.2. The number of hydrogen-bond donors (Lipinski definition) is 7. The Kier molecular flexibility index (Phi) is 18.9. The van der Waals surface area contributed by atoms with Gasteiger partial charge in [0.15, 0.2) is 0 Å². The number of aromatic hydroxyl groups is 1. The highest BCUT2D eigenvalue weighted by molar-refractivity contribution is 7.90. The lowest BCUT2D eigenvalue weighted by atomic mass is 10.0.